The van der Waals surface area contributed by atoms with Gasteiger partial charge in [-0.2, -0.15) is 0 Å². The minimum absolute atomic E-state index is 0.118. The van der Waals surface area contributed by atoms with Gasteiger partial charge in [-0.25, -0.2) is 0 Å². The van der Waals surface area contributed by atoms with Crippen molar-refractivity contribution >= 4 is 77.5 Å². The van der Waals surface area contributed by atoms with Crippen LogP contribution in [0.3, 0.4) is 0 Å². The fraction of sp³-hybridized carbons (Fsp3) is 0.0133. The number of hydrogen-bond donors (Lipinski definition) is 0. The van der Waals surface area contributed by atoms with Crippen molar-refractivity contribution in [2.45, 2.75) is 5.41 Å². The van der Waals surface area contributed by atoms with E-state index in [0.29, 0.717) is 5.56 Å². The summed E-state index contributed by atoms with van der Waals surface area (Å²) < 4.78 is 42.1. The van der Waals surface area contributed by atoms with E-state index in [1.165, 1.54) is 44.5 Å². The average molecular weight is 996 g/mol. The number of benzene rings is 13. The molecule has 0 aliphatic heterocycles. The molecule has 1 heterocycles. The Bertz CT molecular complexity index is 4850. The molecule has 0 atom stereocenters. The van der Waals surface area contributed by atoms with Gasteiger partial charge in [0.15, 0.2) is 0 Å². The highest BCUT2D eigenvalue weighted by molar-refractivity contribution is 6.12. The summed E-state index contributed by atoms with van der Waals surface area (Å²) >= 11 is 0. The Morgan fingerprint density at radius 2 is 0.782 bits per heavy atom. The molecule has 2 aliphatic carbocycles. The third kappa shape index (κ3) is 6.46. The maximum absolute atomic E-state index is 9.96. The van der Waals surface area contributed by atoms with Crippen LogP contribution in [0.25, 0.3) is 82.4 Å². The summed E-state index contributed by atoms with van der Waals surface area (Å²) in [4.78, 5) is 4.26. The van der Waals surface area contributed by atoms with Gasteiger partial charge < -0.3 is 14.4 Å². The SMILES string of the molecule is [2H]c1c([2H])c(N(c2ccccc2)c2cccc3ccccc23)c([2H])c([2H])c1-c1cccc2c(N(c3ccc4c(c3)C3(c5ccccc5-c5ccccc53)c3ccccc3-4)c3ccc4c(c3)c3ccccc3n4-c3ccccc3)cccc12. The molecule has 14 aromatic rings. The van der Waals surface area contributed by atoms with E-state index in [1.54, 1.807) is 0 Å². The van der Waals surface area contributed by atoms with Gasteiger partial charge in [0.05, 0.1) is 33.3 Å². The van der Waals surface area contributed by atoms with Crippen LogP contribution in [-0.2, 0) is 5.41 Å². The normalized spacial score (nSPS) is 13.4. The maximum Gasteiger partial charge on any atom is 0.0726 e. The van der Waals surface area contributed by atoms with Gasteiger partial charge in [0.2, 0.25) is 0 Å². The summed E-state index contributed by atoms with van der Waals surface area (Å²) in [5, 5.41) is 5.89. The Kier molecular flexibility index (Phi) is 8.97. The van der Waals surface area contributed by atoms with E-state index in [2.05, 4.69) is 198 Å². The first-order chi connectivity index (χ1) is 40.4. The average Bonchev–Trinajstić information content (AvgIpc) is 1.95. The van der Waals surface area contributed by atoms with Crippen LogP contribution in [0.5, 0.6) is 0 Å². The molecule has 364 valence electrons. The lowest BCUT2D eigenvalue weighted by molar-refractivity contribution is 0.793. The van der Waals surface area contributed by atoms with Gasteiger partial charge in [0.1, 0.15) is 0 Å². The topological polar surface area (TPSA) is 11.4 Å². The third-order valence-corrected chi connectivity index (χ3v) is 16.4. The summed E-state index contributed by atoms with van der Waals surface area (Å²) in [6.45, 7) is 0. The monoisotopic (exact) mass is 995 g/mol. The van der Waals surface area contributed by atoms with Gasteiger partial charge in [0.25, 0.3) is 0 Å². The molecule has 0 bridgehead atoms. The molecule has 0 unspecified atom stereocenters. The van der Waals surface area contributed by atoms with Crippen LogP contribution in [0, 0.1) is 0 Å². The van der Waals surface area contributed by atoms with Crippen molar-refractivity contribution in [2.75, 3.05) is 9.80 Å². The highest BCUT2D eigenvalue weighted by atomic mass is 15.2. The van der Waals surface area contributed by atoms with Crippen LogP contribution in [0.1, 0.15) is 27.7 Å². The second-order valence-corrected chi connectivity index (χ2v) is 20.4. The molecule has 0 saturated heterocycles. The van der Waals surface area contributed by atoms with Crippen molar-refractivity contribution in [1.29, 1.82) is 0 Å². The van der Waals surface area contributed by atoms with E-state index in [-0.39, 0.29) is 35.4 Å². The molecule has 0 N–H and O–H groups in total. The first kappa shape index (κ1) is 40.1. The van der Waals surface area contributed by atoms with E-state index >= 15 is 0 Å². The van der Waals surface area contributed by atoms with Crippen molar-refractivity contribution in [2.24, 2.45) is 0 Å². The lowest BCUT2D eigenvalue weighted by atomic mass is 9.70. The highest BCUT2D eigenvalue weighted by Gasteiger charge is 2.51. The second-order valence-electron chi connectivity index (χ2n) is 20.4. The first-order valence-corrected chi connectivity index (χ1v) is 26.7. The van der Waals surface area contributed by atoms with Crippen molar-refractivity contribution in [1.82, 2.24) is 4.57 Å². The summed E-state index contributed by atoms with van der Waals surface area (Å²) in [6, 6.07) is 95.3. The molecule has 0 saturated carbocycles. The van der Waals surface area contributed by atoms with Crippen LogP contribution in [0.15, 0.2) is 297 Å². The fourth-order valence-electron chi connectivity index (χ4n) is 13.2. The highest BCUT2D eigenvalue weighted by Crippen LogP contribution is 2.63. The molecule has 0 amide bonds. The minimum Gasteiger partial charge on any atom is -0.310 e. The number of nitrogens with zero attached hydrogens (tertiary/aromatic N) is 3. The Labute approximate surface area is 459 Å². The quantitative estimate of drug-likeness (QED) is 0.150. The molecular formula is C75H49N3. The van der Waals surface area contributed by atoms with Gasteiger partial charge in [0, 0.05) is 50.0 Å². The van der Waals surface area contributed by atoms with Gasteiger partial charge >= 0.3 is 0 Å². The molecular weight excluding hydrogens is 943 g/mol. The number of hydrogen-bond acceptors (Lipinski definition) is 2. The van der Waals surface area contributed by atoms with Crippen LogP contribution in [0.2, 0.25) is 0 Å². The Hall–Kier alpha value is -10.2. The fourth-order valence-corrected chi connectivity index (χ4v) is 13.2. The Morgan fingerprint density at radius 3 is 1.51 bits per heavy atom. The summed E-state index contributed by atoms with van der Waals surface area (Å²) in [7, 11) is 0. The number of anilines is 6. The Morgan fingerprint density at radius 1 is 0.295 bits per heavy atom. The molecule has 16 rings (SSSR count). The molecule has 1 aromatic heterocycles. The zero-order valence-electron chi connectivity index (χ0n) is 46.3. The second kappa shape index (κ2) is 17.4. The number of rotatable bonds is 8. The zero-order valence-corrected chi connectivity index (χ0v) is 42.3. The third-order valence-electron chi connectivity index (χ3n) is 16.4. The van der Waals surface area contributed by atoms with Gasteiger partial charge in [-0.05, 0) is 151 Å². The first-order valence-electron chi connectivity index (χ1n) is 28.7. The van der Waals surface area contributed by atoms with E-state index in [9.17, 15) is 5.48 Å². The largest absolute Gasteiger partial charge is 0.310 e. The smallest absolute Gasteiger partial charge is 0.0726 e. The molecule has 78 heavy (non-hydrogen) atoms. The van der Waals surface area contributed by atoms with Gasteiger partial charge in [-0.1, -0.05) is 212 Å². The van der Waals surface area contributed by atoms with Crippen molar-refractivity contribution in [3.05, 3.63) is 319 Å². The van der Waals surface area contributed by atoms with Crippen LogP contribution in [-0.4, -0.2) is 4.57 Å². The standard InChI is InChI=1S/C75H49N3/c1-3-22-52(23-4-1)76(71-38-17-21-50-20-7-8-26-58(50)71)54-42-40-51(41-43-54)57-31-18-33-64-59(57)32-19-39-72(64)77(55-45-47-74-66(48-55)65-30-12-16-37-73(65)78(74)53-24-5-2-6-25-53)56-44-46-63-62-29-11-15-36-69(62)75(70(63)49-56)67-34-13-9-27-60(67)61-28-10-14-35-68(61)75/h1-49H/i40D,41D,42D,43D. The van der Waals surface area contributed by atoms with Crippen LogP contribution in [0.4, 0.5) is 34.1 Å². The predicted molar refractivity (Wildman–Crippen MR) is 327 cm³/mol. The number of para-hydroxylation sites is 3. The van der Waals surface area contributed by atoms with Gasteiger partial charge in [-0.3, -0.25) is 0 Å². The Balaban J connectivity index is 0.934. The molecule has 3 nitrogen and oxygen atoms in total. The lowest BCUT2D eigenvalue weighted by Gasteiger charge is -2.32. The molecule has 1 spiro atoms. The minimum atomic E-state index is -0.577. The van der Waals surface area contributed by atoms with E-state index < -0.39 is 5.41 Å². The molecule has 2 aliphatic rings. The molecule has 3 heteroatoms. The van der Waals surface area contributed by atoms with Crippen molar-refractivity contribution < 1.29 is 5.48 Å². The number of fused-ring (bicyclic) bond motifs is 15. The molecule has 0 radical (unpaired) electrons. The summed E-state index contributed by atoms with van der Waals surface area (Å²) in [5.74, 6) is 0. The van der Waals surface area contributed by atoms with Gasteiger partial charge in [-0.15, -0.1) is 0 Å². The lowest BCUT2D eigenvalue weighted by Crippen LogP contribution is -2.26. The van der Waals surface area contributed by atoms with Crippen molar-refractivity contribution in [3.63, 3.8) is 0 Å². The van der Waals surface area contributed by atoms with Crippen LogP contribution < -0.4 is 9.80 Å². The van der Waals surface area contributed by atoms with E-state index in [0.717, 1.165) is 77.5 Å². The molecule has 13 aromatic carbocycles. The van der Waals surface area contributed by atoms with E-state index in [4.69, 9.17) is 0 Å². The van der Waals surface area contributed by atoms with Crippen molar-refractivity contribution in [3.8, 4) is 39.1 Å². The zero-order chi connectivity index (χ0) is 54.8. The summed E-state index contributed by atoms with van der Waals surface area (Å²) in [5.41, 5.74) is 18.0. The summed E-state index contributed by atoms with van der Waals surface area (Å²) in [6.07, 6.45) is 0. The number of aromatic nitrogens is 1. The predicted octanol–water partition coefficient (Wildman–Crippen LogP) is 20.0. The maximum atomic E-state index is 9.96. The molecule has 0 fully saturated rings. The van der Waals surface area contributed by atoms with E-state index in [1.807, 2.05) is 89.8 Å². The van der Waals surface area contributed by atoms with Crippen LogP contribution >= 0.6 is 0 Å².